The van der Waals surface area contributed by atoms with Gasteiger partial charge in [0.1, 0.15) is 0 Å². The fraction of sp³-hybridized carbons (Fsp3) is 0.800. The Balaban J connectivity index is 2.07. The second kappa shape index (κ2) is 5.50. The monoisotopic (exact) mass is 255 g/mol. The Morgan fingerprint density at radius 3 is 2.59 bits per heavy atom. The van der Waals surface area contributed by atoms with Crippen LogP contribution in [0.3, 0.4) is 0 Å². The van der Waals surface area contributed by atoms with Crippen LogP contribution in [0.2, 0.25) is 0 Å². The van der Waals surface area contributed by atoms with Gasteiger partial charge in [-0.1, -0.05) is 35.3 Å². The largest absolute Gasteiger partial charge is 0.329 e. The number of aromatic nitrogens is 3. The number of amides is 1. The summed E-state index contributed by atoms with van der Waals surface area (Å²) in [7, 11) is 0. The van der Waals surface area contributed by atoms with E-state index in [1.54, 1.807) is 0 Å². The Hall–Kier alpha value is -1.08. The van der Waals surface area contributed by atoms with Crippen molar-refractivity contribution < 1.29 is 4.79 Å². The summed E-state index contributed by atoms with van der Waals surface area (Å²) in [5.41, 5.74) is 5.40. The Morgan fingerprint density at radius 1 is 1.35 bits per heavy atom. The molecule has 0 radical (unpaired) electrons. The molecule has 7 heteroatoms. The predicted molar refractivity (Wildman–Crippen MR) is 65.5 cm³/mol. The van der Waals surface area contributed by atoms with E-state index in [0.29, 0.717) is 11.7 Å². The second-order valence-corrected chi connectivity index (χ2v) is 5.25. The van der Waals surface area contributed by atoms with Crippen LogP contribution in [0.5, 0.6) is 0 Å². The van der Waals surface area contributed by atoms with Gasteiger partial charge in [-0.05, 0) is 18.1 Å². The Labute approximate surface area is 104 Å². The SMILES string of the molecule is NCC1(C(=O)Nc2nnns2)CCCCCC1. The maximum absolute atomic E-state index is 12.3. The van der Waals surface area contributed by atoms with Crippen molar-refractivity contribution in [3.8, 4) is 0 Å². The molecule has 94 valence electrons. The van der Waals surface area contributed by atoms with Gasteiger partial charge in [0.05, 0.1) is 5.41 Å². The van der Waals surface area contributed by atoms with Gasteiger partial charge in [0, 0.05) is 18.1 Å². The molecule has 0 unspecified atom stereocenters. The summed E-state index contributed by atoms with van der Waals surface area (Å²) in [4.78, 5) is 12.3. The van der Waals surface area contributed by atoms with Crippen LogP contribution in [0.1, 0.15) is 38.5 Å². The van der Waals surface area contributed by atoms with Gasteiger partial charge in [0.15, 0.2) is 0 Å². The zero-order valence-corrected chi connectivity index (χ0v) is 10.5. The fourth-order valence-corrected chi connectivity index (χ4v) is 2.70. The third-order valence-corrected chi connectivity index (χ3v) is 3.96. The van der Waals surface area contributed by atoms with Crippen LogP contribution >= 0.6 is 11.5 Å². The number of rotatable bonds is 3. The van der Waals surface area contributed by atoms with Crippen molar-refractivity contribution in [2.75, 3.05) is 11.9 Å². The number of nitrogens with one attached hydrogen (secondary N) is 1. The second-order valence-electron chi connectivity index (χ2n) is 4.52. The molecule has 1 aliphatic rings. The summed E-state index contributed by atoms with van der Waals surface area (Å²) >= 11 is 1.08. The maximum Gasteiger partial charge on any atom is 0.233 e. The normalized spacial score (nSPS) is 19.6. The van der Waals surface area contributed by atoms with Gasteiger partial charge >= 0.3 is 0 Å². The van der Waals surface area contributed by atoms with Crippen LogP contribution in [0.4, 0.5) is 5.13 Å². The topological polar surface area (TPSA) is 93.8 Å². The molecule has 2 rings (SSSR count). The average molecular weight is 255 g/mol. The first-order valence-electron chi connectivity index (χ1n) is 5.93. The van der Waals surface area contributed by atoms with Gasteiger partial charge in [-0.2, -0.15) is 0 Å². The molecule has 0 saturated heterocycles. The minimum absolute atomic E-state index is 0.0274. The van der Waals surface area contributed by atoms with Gasteiger partial charge in [0.25, 0.3) is 0 Å². The summed E-state index contributed by atoms with van der Waals surface area (Å²) in [6.45, 7) is 0.394. The third kappa shape index (κ3) is 2.78. The molecule has 1 fully saturated rings. The van der Waals surface area contributed by atoms with Crippen LogP contribution in [-0.2, 0) is 4.79 Å². The molecule has 6 nitrogen and oxygen atoms in total. The number of carbonyl (C=O) groups is 1. The molecule has 1 aliphatic carbocycles. The van der Waals surface area contributed by atoms with Gasteiger partial charge in [-0.15, -0.1) is 0 Å². The van der Waals surface area contributed by atoms with Crippen molar-refractivity contribution in [2.45, 2.75) is 38.5 Å². The molecule has 1 saturated carbocycles. The summed E-state index contributed by atoms with van der Waals surface area (Å²) in [6.07, 6.45) is 6.24. The highest BCUT2D eigenvalue weighted by Gasteiger charge is 2.37. The van der Waals surface area contributed by atoms with E-state index in [-0.39, 0.29) is 5.91 Å². The molecule has 0 spiro atoms. The van der Waals surface area contributed by atoms with E-state index in [9.17, 15) is 4.79 Å². The standard InChI is InChI=1S/C10H17N5OS/c11-7-10(5-3-1-2-4-6-10)8(16)12-9-13-14-15-17-9/h1-7,11H2,(H,12,13,15,16). The number of hydrogen-bond acceptors (Lipinski definition) is 6. The molecular weight excluding hydrogens is 238 g/mol. The van der Waals surface area contributed by atoms with Crippen molar-refractivity contribution in [1.29, 1.82) is 0 Å². The summed E-state index contributed by atoms with van der Waals surface area (Å²) in [5, 5.41) is 10.4. The minimum atomic E-state index is -0.428. The fourth-order valence-electron chi connectivity index (χ4n) is 2.34. The molecule has 0 bridgehead atoms. The highest BCUT2D eigenvalue weighted by Crippen LogP contribution is 2.35. The van der Waals surface area contributed by atoms with E-state index in [2.05, 4.69) is 20.1 Å². The van der Waals surface area contributed by atoms with Crippen LogP contribution in [0.25, 0.3) is 0 Å². The van der Waals surface area contributed by atoms with E-state index < -0.39 is 5.41 Å². The van der Waals surface area contributed by atoms with Crippen LogP contribution in [0, 0.1) is 5.41 Å². The molecule has 17 heavy (non-hydrogen) atoms. The quantitative estimate of drug-likeness (QED) is 0.791. The molecular formula is C10H17N5OS. The van der Waals surface area contributed by atoms with Crippen molar-refractivity contribution in [2.24, 2.45) is 11.1 Å². The first kappa shape index (κ1) is 12.4. The number of nitrogens with zero attached hydrogens (tertiary/aromatic N) is 3. The van der Waals surface area contributed by atoms with Crippen molar-refractivity contribution in [3.05, 3.63) is 0 Å². The van der Waals surface area contributed by atoms with Crippen molar-refractivity contribution >= 4 is 22.6 Å². The zero-order chi connectivity index (χ0) is 12.1. The van der Waals surface area contributed by atoms with E-state index >= 15 is 0 Å². The Morgan fingerprint density at radius 2 is 2.06 bits per heavy atom. The first-order valence-corrected chi connectivity index (χ1v) is 6.71. The Kier molecular flexibility index (Phi) is 4.01. The summed E-state index contributed by atoms with van der Waals surface area (Å²) in [5.74, 6) is -0.0274. The lowest BCUT2D eigenvalue weighted by Crippen LogP contribution is -2.42. The Bertz CT molecular complexity index is 359. The highest BCUT2D eigenvalue weighted by molar-refractivity contribution is 7.09. The van der Waals surface area contributed by atoms with E-state index in [4.69, 9.17) is 5.73 Å². The van der Waals surface area contributed by atoms with Gasteiger partial charge in [0.2, 0.25) is 11.0 Å². The molecule has 1 aromatic heterocycles. The van der Waals surface area contributed by atoms with Gasteiger partial charge in [-0.25, -0.2) is 0 Å². The lowest BCUT2D eigenvalue weighted by atomic mass is 9.79. The van der Waals surface area contributed by atoms with Crippen LogP contribution in [0.15, 0.2) is 0 Å². The average Bonchev–Trinajstić information content (AvgIpc) is 2.72. The molecule has 0 aliphatic heterocycles. The molecule has 0 aromatic carbocycles. The van der Waals surface area contributed by atoms with E-state index in [1.165, 1.54) is 12.8 Å². The molecule has 0 atom stereocenters. The minimum Gasteiger partial charge on any atom is -0.329 e. The lowest BCUT2D eigenvalue weighted by molar-refractivity contribution is -0.125. The third-order valence-electron chi connectivity index (χ3n) is 3.45. The van der Waals surface area contributed by atoms with Crippen molar-refractivity contribution in [1.82, 2.24) is 14.8 Å². The van der Waals surface area contributed by atoms with Crippen LogP contribution in [-0.4, -0.2) is 27.3 Å². The first-order chi connectivity index (χ1) is 8.27. The highest BCUT2D eigenvalue weighted by atomic mass is 32.1. The molecule has 1 aromatic rings. The van der Waals surface area contributed by atoms with Crippen LogP contribution < -0.4 is 11.1 Å². The number of hydrogen-bond donors (Lipinski definition) is 2. The van der Waals surface area contributed by atoms with Gasteiger partial charge in [-0.3, -0.25) is 10.1 Å². The number of anilines is 1. The maximum atomic E-state index is 12.3. The molecule has 3 N–H and O–H groups in total. The van der Waals surface area contributed by atoms with E-state index in [0.717, 1.165) is 37.2 Å². The summed E-state index contributed by atoms with van der Waals surface area (Å²) in [6, 6.07) is 0. The predicted octanol–water partition coefficient (Wildman–Crippen LogP) is 1.17. The smallest absolute Gasteiger partial charge is 0.233 e. The van der Waals surface area contributed by atoms with Gasteiger partial charge < -0.3 is 5.73 Å². The van der Waals surface area contributed by atoms with E-state index in [1.807, 2.05) is 0 Å². The lowest BCUT2D eigenvalue weighted by Gasteiger charge is -2.29. The molecule has 1 amide bonds. The number of carbonyl (C=O) groups excluding carboxylic acids is 1. The summed E-state index contributed by atoms with van der Waals surface area (Å²) < 4.78 is 3.62. The molecule has 1 heterocycles. The van der Waals surface area contributed by atoms with Crippen molar-refractivity contribution in [3.63, 3.8) is 0 Å². The zero-order valence-electron chi connectivity index (χ0n) is 9.69. The number of nitrogens with two attached hydrogens (primary N) is 1.